The standard InChI is InChI=1S/C11H22O2S3/c1-3-4-5-9(14)10(15)6-7-16-8(2)11(12)13/h8-10,14-15H,3-7H2,1-2H3,(H,12,13). The number of hydrogen-bond donors (Lipinski definition) is 3. The number of carbonyl (C=O) groups is 1. The third-order valence-corrected chi connectivity index (χ3v) is 5.07. The van der Waals surface area contributed by atoms with Crippen LogP contribution >= 0.6 is 37.0 Å². The summed E-state index contributed by atoms with van der Waals surface area (Å²) in [5, 5.41) is 8.98. The molecule has 0 rings (SSSR count). The molecule has 0 aromatic heterocycles. The zero-order valence-corrected chi connectivity index (χ0v) is 12.5. The minimum atomic E-state index is -0.742. The number of aliphatic carboxylic acids is 1. The minimum absolute atomic E-state index is 0.267. The Labute approximate surface area is 114 Å². The molecule has 0 saturated heterocycles. The van der Waals surface area contributed by atoms with Crippen LogP contribution in [0.4, 0.5) is 0 Å². The maximum Gasteiger partial charge on any atom is 0.316 e. The molecule has 0 spiro atoms. The first kappa shape index (κ1) is 16.5. The van der Waals surface area contributed by atoms with Gasteiger partial charge in [0.15, 0.2) is 0 Å². The molecule has 0 radical (unpaired) electrons. The summed E-state index contributed by atoms with van der Waals surface area (Å²) in [6, 6.07) is 0. The summed E-state index contributed by atoms with van der Waals surface area (Å²) in [6.07, 6.45) is 4.38. The van der Waals surface area contributed by atoms with Crippen LogP contribution in [-0.2, 0) is 4.79 Å². The van der Waals surface area contributed by atoms with Gasteiger partial charge < -0.3 is 5.11 Å². The Bertz CT molecular complexity index is 200. The molecule has 0 amide bonds. The van der Waals surface area contributed by atoms with Gasteiger partial charge in [0, 0.05) is 10.5 Å². The van der Waals surface area contributed by atoms with Gasteiger partial charge in [-0.25, -0.2) is 0 Å². The van der Waals surface area contributed by atoms with Gasteiger partial charge in [0.25, 0.3) is 0 Å². The molecule has 3 atom stereocenters. The second-order valence-corrected chi connectivity index (χ2v) is 6.69. The number of carboxylic acids is 1. The summed E-state index contributed by atoms with van der Waals surface area (Å²) in [4.78, 5) is 10.6. The molecule has 0 aliphatic heterocycles. The maximum atomic E-state index is 10.6. The fourth-order valence-corrected chi connectivity index (χ4v) is 2.91. The molecule has 0 aliphatic carbocycles. The lowest BCUT2D eigenvalue weighted by Gasteiger charge is -2.18. The normalized spacial score (nSPS) is 16.8. The Hall–Kier alpha value is 0.520. The topological polar surface area (TPSA) is 37.3 Å². The SMILES string of the molecule is CCCCC(S)C(S)CCSC(C)C(=O)O. The number of hydrogen-bond acceptors (Lipinski definition) is 4. The highest BCUT2D eigenvalue weighted by Gasteiger charge is 2.15. The van der Waals surface area contributed by atoms with E-state index in [-0.39, 0.29) is 10.5 Å². The largest absolute Gasteiger partial charge is 0.480 e. The molecule has 0 bridgehead atoms. The Morgan fingerprint density at radius 3 is 2.38 bits per heavy atom. The van der Waals surface area contributed by atoms with Gasteiger partial charge in [-0.3, -0.25) is 4.79 Å². The van der Waals surface area contributed by atoms with Crippen molar-refractivity contribution in [1.29, 1.82) is 0 Å². The van der Waals surface area contributed by atoms with Crippen LogP contribution in [0.5, 0.6) is 0 Å². The molecular formula is C11H22O2S3. The van der Waals surface area contributed by atoms with Gasteiger partial charge in [-0.2, -0.15) is 25.3 Å². The molecule has 3 unspecified atom stereocenters. The quantitative estimate of drug-likeness (QED) is 0.568. The molecule has 1 N–H and O–H groups in total. The molecule has 0 aromatic rings. The predicted octanol–water partition coefficient (Wildman–Crippen LogP) is 3.37. The van der Waals surface area contributed by atoms with Crippen LogP contribution < -0.4 is 0 Å². The molecule has 0 fully saturated rings. The number of rotatable bonds is 9. The Balaban J connectivity index is 3.63. The predicted molar refractivity (Wildman–Crippen MR) is 79.2 cm³/mol. The lowest BCUT2D eigenvalue weighted by atomic mass is 10.1. The third kappa shape index (κ3) is 7.74. The molecule has 16 heavy (non-hydrogen) atoms. The summed E-state index contributed by atoms with van der Waals surface area (Å²) >= 11 is 10.5. The van der Waals surface area contributed by atoms with E-state index < -0.39 is 5.97 Å². The number of carboxylic acid groups (broad SMARTS) is 1. The van der Waals surface area contributed by atoms with Crippen LogP contribution in [0.15, 0.2) is 0 Å². The van der Waals surface area contributed by atoms with Gasteiger partial charge in [0.1, 0.15) is 0 Å². The number of thiol groups is 2. The molecule has 2 nitrogen and oxygen atoms in total. The van der Waals surface area contributed by atoms with E-state index in [1.54, 1.807) is 6.92 Å². The van der Waals surface area contributed by atoms with E-state index in [1.807, 2.05) is 0 Å². The molecule has 0 heterocycles. The Morgan fingerprint density at radius 2 is 1.88 bits per heavy atom. The smallest absolute Gasteiger partial charge is 0.316 e. The van der Waals surface area contributed by atoms with E-state index in [0.29, 0.717) is 5.25 Å². The first-order chi connectivity index (χ1) is 7.49. The monoisotopic (exact) mass is 282 g/mol. The van der Waals surface area contributed by atoms with Crippen molar-refractivity contribution in [2.45, 2.75) is 55.3 Å². The lowest BCUT2D eigenvalue weighted by molar-refractivity contribution is -0.136. The summed E-state index contributed by atoms with van der Waals surface area (Å²) in [6.45, 7) is 3.88. The highest BCUT2D eigenvalue weighted by molar-refractivity contribution is 8.00. The molecule has 5 heteroatoms. The zero-order valence-electron chi connectivity index (χ0n) is 9.93. The van der Waals surface area contributed by atoms with E-state index in [2.05, 4.69) is 32.2 Å². The van der Waals surface area contributed by atoms with Gasteiger partial charge in [0.2, 0.25) is 0 Å². The zero-order chi connectivity index (χ0) is 12.6. The van der Waals surface area contributed by atoms with Crippen LogP contribution in [0.1, 0.15) is 39.5 Å². The Kier molecular flexibility index (Phi) is 9.85. The van der Waals surface area contributed by atoms with Gasteiger partial charge in [-0.05, 0) is 25.5 Å². The maximum absolute atomic E-state index is 10.6. The van der Waals surface area contributed by atoms with Crippen molar-refractivity contribution in [3.8, 4) is 0 Å². The van der Waals surface area contributed by atoms with Crippen molar-refractivity contribution < 1.29 is 9.90 Å². The van der Waals surface area contributed by atoms with Crippen molar-refractivity contribution >= 4 is 43.0 Å². The van der Waals surface area contributed by atoms with Gasteiger partial charge in [-0.1, -0.05) is 19.8 Å². The van der Waals surface area contributed by atoms with E-state index in [1.165, 1.54) is 24.6 Å². The lowest BCUT2D eigenvalue weighted by Crippen LogP contribution is -2.18. The van der Waals surface area contributed by atoms with Crippen molar-refractivity contribution in [1.82, 2.24) is 0 Å². The molecule has 96 valence electrons. The van der Waals surface area contributed by atoms with Crippen LogP contribution in [-0.4, -0.2) is 32.6 Å². The Morgan fingerprint density at radius 1 is 1.31 bits per heavy atom. The summed E-state index contributed by atoms with van der Waals surface area (Å²) in [5.41, 5.74) is 0. The minimum Gasteiger partial charge on any atom is -0.480 e. The molecular weight excluding hydrogens is 260 g/mol. The summed E-state index contributed by atoms with van der Waals surface area (Å²) in [5.74, 6) is 0.0966. The fraction of sp³-hybridized carbons (Fsp3) is 0.909. The molecule has 0 aromatic carbocycles. The third-order valence-electron chi connectivity index (χ3n) is 2.43. The fourth-order valence-electron chi connectivity index (χ4n) is 1.23. The second kappa shape index (κ2) is 9.54. The van der Waals surface area contributed by atoms with Gasteiger partial charge in [-0.15, -0.1) is 11.8 Å². The number of unbranched alkanes of at least 4 members (excludes halogenated alkanes) is 1. The number of thioether (sulfide) groups is 1. The summed E-state index contributed by atoms with van der Waals surface area (Å²) < 4.78 is 0. The first-order valence-electron chi connectivity index (χ1n) is 5.69. The second-order valence-electron chi connectivity index (χ2n) is 3.92. The van der Waals surface area contributed by atoms with Crippen molar-refractivity contribution in [3.63, 3.8) is 0 Å². The highest BCUT2D eigenvalue weighted by Crippen LogP contribution is 2.22. The molecule has 0 aliphatic rings. The van der Waals surface area contributed by atoms with Crippen molar-refractivity contribution in [2.75, 3.05) is 5.75 Å². The highest BCUT2D eigenvalue weighted by atomic mass is 32.2. The van der Waals surface area contributed by atoms with E-state index in [0.717, 1.165) is 18.6 Å². The van der Waals surface area contributed by atoms with E-state index in [4.69, 9.17) is 5.11 Å². The van der Waals surface area contributed by atoms with Gasteiger partial charge in [0.05, 0.1) is 5.25 Å². The van der Waals surface area contributed by atoms with Crippen LogP contribution in [0.2, 0.25) is 0 Å². The first-order valence-corrected chi connectivity index (χ1v) is 7.77. The van der Waals surface area contributed by atoms with Crippen molar-refractivity contribution in [3.05, 3.63) is 0 Å². The summed E-state index contributed by atoms with van der Waals surface area (Å²) in [7, 11) is 0. The van der Waals surface area contributed by atoms with E-state index >= 15 is 0 Å². The van der Waals surface area contributed by atoms with Crippen LogP contribution in [0.3, 0.4) is 0 Å². The average molecular weight is 282 g/mol. The van der Waals surface area contributed by atoms with Gasteiger partial charge >= 0.3 is 5.97 Å². The van der Waals surface area contributed by atoms with Crippen LogP contribution in [0.25, 0.3) is 0 Å². The van der Waals surface area contributed by atoms with Crippen LogP contribution in [0, 0.1) is 0 Å². The van der Waals surface area contributed by atoms with Crippen molar-refractivity contribution in [2.24, 2.45) is 0 Å². The van der Waals surface area contributed by atoms with E-state index in [9.17, 15) is 4.79 Å². The molecule has 0 saturated carbocycles. The average Bonchev–Trinajstić information content (AvgIpc) is 2.25.